The lowest BCUT2D eigenvalue weighted by Gasteiger charge is -2.33. The van der Waals surface area contributed by atoms with Gasteiger partial charge in [-0.3, -0.25) is 9.69 Å². The van der Waals surface area contributed by atoms with Crippen molar-refractivity contribution in [3.05, 3.63) is 78.0 Å². The number of benzene rings is 2. The summed E-state index contributed by atoms with van der Waals surface area (Å²) >= 11 is 1.42. The number of sulfonamides is 1. The van der Waals surface area contributed by atoms with Crippen molar-refractivity contribution in [3.63, 3.8) is 0 Å². The number of nitrogens with zero attached hydrogens (tertiary/aromatic N) is 3. The fraction of sp³-hybridized carbons (Fsp3) is 0.280. The minimum atomic E-state index is -3.85. The van der Waals surface area contributed by atoms with E-state index in [9.17, 15) is 17.6 Å². The number of aryl methyl sites for hydroxylation is 1. The molecule has 1 aliphatic heterocycles. The molecule has 0 spiro atoms. The van der Waals surface area contributed by atoms with Crippen molar-refractivity contribution < 1.29 is 22.0 Å². The molecule has 3 heterocycles. The SMILES string of the molecule is Cc1ccc2nc(N(Cc3ccco3)C(=O)C3CCCN(S(=O)(=O)c4ccc(F)cc4)C3)sc2c1. The second-order valence-corrected chi connectivity index (χ2v) is 11.6. The molecule has 5 rings (SSSR count). The van der Waals surface area contributed by atoms with E-state index in [-0.39, 0.29) is 23.9 Å². The average molecular weight is 514 g/mol. The molecule has 0 radical (unpaired) electrons. The van der Waals surface area contributed by atoms with Gasteiger partial charge in [-0.2, -0.15) is 4.31 Å². The lowest BCUT2D eigenvalue weighted by Crippen LogP contribution is -2.46. The Balaban J connectivity index is 1.43. The van der Waals surface area contributed by atoms with Gasteiger partial charge in [0.2, 0.25) is 15.9 Å². The molecule has 0 aliphatic carbocycles. The van der Waals surface area contributed by atoms with Crippen molar-refractivity contribution >= 4 is 42.6 Å². The molecule has 0 bridgehead atoms. The molecule has 1 atom stereocenters. The molecule has 182 valence electrons. The Morgan fingerprint density at radius 2 is 2.03 bits per heavy atom. The van der Waals surface area contributed by atoms with E-state index in [0.29, 0.717) is 30.3 Å². The van der Waals surface area contributed by atoms with Crippen LogP contribution in [0.1, 0.15) is 24.2 Å². The zero-order chi connectivity index (χ0) is 24.6. The summed E-state index contributed by atoms with van der Waals surface area (Å²) in [5.41, 5.74) is 1.91. The van der Waals surface area contributed by atoms with Gasteiger partial charge in [0, 0.05) is 13.1 Å². The number of amides is 1. The highest BCUT2D eigenvalue weighted by molar-refractivity contribution is 7.89. The van der Waals surface area contributed by atoms with Crippen LogP contribution in [0.2, 0.25) is 0 Å². The second kappa shape index (κ2) is 9.52. The topological polar surface area (TPSA) is 83.7 Å². The molecule has 2 aromatic carbocycles. The predicted octanol–water partition coefficient (Wildman–Crippen LogP) is 4.97. The minimum absolute atomic E-state index is 0.0148. The van der Waals surface area contributed by atoms with Crippen molar-refractivity contribution in [1.29, 1.82) is 0 Å². The molecule has 1 amide bonds. The van der Waals surface area contributed by atoms with Crippen LogP contribution < -0.4 is 4.90 Å². The average Bonchev–Trinajstić information content (AvgIpc) is 3.52. The number of aromatic nitrogens is 1. The van der Waals surface area contributed by atoms with Gasteiger partial charge in [0.05, 0.1) is 33.8 Å². The first-order valence-electron chi connectivity index (χ1n) is 11.3. The van der Waals surface area contributed by atoms with Crippen molar-refractivity contribution in [2.45, 2.75) is 31.2 Å². The van der Waals surface area contributed by atoms with Gasteiger partial charge in [0.1, 0.15) is 11.6 Å². The standard InChI is InChI=1S/C25H24FN3O4S2/c1-17-6-11-22-23(14-17)34-25(27-22)29(16-20-5-3-13-33-20)24(30)18-4-2-12-28(15-18)35(31,32)21-9-7-19(26)8-10-21/h3,5-11,13-14,18H,2,4,12,15-16H2,1H3. The summed E-state index contributed by atoms with van der Waals surface area (Å²) in [6.45, 7) is 2.56. The Bertz CT molecular complexity index is 1450. The van der Waals surface area contributed by atoms with E-state index in [1.807, 2.05) is 25.1 Å². The van der Waals surface area contributed by atoms with E-state index in [2.05, 4.69) is 4.98 Å². The quantitative estimate of drug-likeness (QED) is 0.364. The lowest BCUT2D eigenvalue weighted by molar-refractivity contribution is -0.123. The number of carbonyl (C=O) groups is 1. The summed E-state index contributed by atoms with van der Waals surface area (Å²) in [7, 11) is -3.85. The molecule has 1 aliphatic rings. The summed E-state index contributed by atoms with van der Waals surface area (Å²) in [5.74, 6) is -0.630. The van der Waals surface area contributed by atoms with Gasteiger partial charge in [0.25, 0.3) is 0 Å². The number of furan rings is 1. The van der Waals surface area contributed by atoms with Crippen molar-refractivity contribution in [2.24, 2.45) is 5.92 Å². The van der Waals surface area contributed by atoms with Gasteiger partial charge < -0.3 is 4.42 Å². The summed E-state index contributed by atoms with van der Waals surface area (Å²) in [6.07, 6.45) is 2.66. The maximum Gasteiger partial charge on any atom is 0.243 e. The Morgan fingerprint density at radius 3 is 2.77 bits per heavy atom. The van der Waals surface area contributed by atoms with Crippen LogP contribution >= 0.6 is 11.3 Å². The first kappa shape index (κ1) is 23.7. The van der Waals surface area contributed by atoms with Crippen LogP contribution in [-0.4, -0.2) is 36.7 Å². The zero-order valence-corrected chi connectivity index (χ0v) is 20.7. The Labute approximate surface area is 206 Å². The van der Waals surface area contributed by atoms with Gasteiger partial charge in [0.15, 0.2) is 5.13 Å². The number of halogens is 1. The molecule has 1 saturated heterocycles. The summed E-state index contributed by atoms with van der Waals surface area (Å²) in [5, 5.41) is 0.547. The predicted molar refractivity (Wildman–Crippen MR) is 132 cm³/mol. The third kappa shape index (κ3) is 4.86. The second-order valence-electron chi connectivity index (χ2n) is 8.63. The van der Waals surface area contributed by atoms with E-state index in [0.717, 1.165) is 27.9 Å². The molecule has 2 aromatic heterocycles. The Hall–Kier alpha value is -3.08. The van der Waals surface area contributed by atoms with Crippen LogP contribution in [0.25, 0.3) is 10.2 Å². The third-order valence-corrected chi connectivity index (χ3v) is 9.03. The molecule has 7 nitrogen and oxygen atoms in total. The summed E-state index contributed by atoms with van der Waals surface area (Å²) in [4.78, 5) is 20.1. The van der Waals surface area contributed by atoms with Crippen molar-refractivity contribution in [2.75, 3.05) is 18.0 Å². The number of hydrogen-bond donors (Lipinski definition) is 0. The molecule has 10 heteroatoms. The number of thiazole rings is 1. The lowest BCUT2D eigenvalue weighted by atomic mass is 9.98. The molecule has 0 N–H and O–H groups in total. The van der Waals surface area contributed by atoms with E-state index < -0.39 is 21.8 Å². The van der Waals surface area contributed by atoms with Crippen LogP contribution in [0.3, 0.4) is 0 Å². The van der Waals surface area contributed by atoms with Gasteiger partial charge >= 0.3 is 0 Å². The van der Waals surface area contributed by atoms with Gasteiger partial charge in [-0.25, -0.2) is 17.8 Å². The fourth-order valence-electron chi connectivity index (χ4n) is 4.27. The highest BCUT2D eigenvalue weighted by Crippen LogP contribution is 2.33. The van der Waals surface area contributed by atoms with Gasteiger partial charge in [-0.15, -0.1) is 0 Å². The number of fused-ring (bicyclic) bond motifs is 1. The highest BCUT2D eigenvalue weighted by atomic mass is 32.2. The van der Waals surface area contributed by atoms with E-state index >= 15 is 0 Å². The van der Waals surface area contributed by atoms with Crippen molar-refractivity contribution in [3.8, 4) is 0 Å². The monoisotopic (exact) mass is 513 g/mol. The summed E-state index contributed by atoms with van der Waals surface area (Å²) < 4.78 is 47.4. The maximum atomic E-state index is 13.8. The van der Waals surface area contributed by atoms with Crippen LogP contribution in [-0.2, 0) is 21.4 Å². The molecule has 1 unspecified atom stereocenters. The highest BCUT2D eigenvalue weighted by Gasteiger charge is 2.36. The largest absolute Gasteiger partial charge is 0.467 e. The van der Waals surface area contributed by atoms with E-state index in [1.54, 1.807) is 23.3 Å². The van der Waals surface area contributed by atoms with Gasteiger partial charge in [-0.1, -0.05) is 17.4 Å². The summed E-state index contributed by atoms with van der Waals surface area (Å²) in [6, 6.07) is 14.2. The van der Waals surface area contributed by atoms with Gasteiger partial charge in [-0.05, 0) is 73.9 Å². The zero-order valence-electron chi connectivity index (χ0n) is 19.1. The Morgan fingerprint density at radius 1 is 1.23 bits per heavy atom. The normalized spacial score (nSPS) is 17.0. The molecule has 0 saturated carbocycles. The molecular weight excluding hydrogens is 489 g/mol. The molecule has 4 aromatic rings. The first-order valence-corrected chi connectivity index (χ1v) is 13.5. The number of anilines is 1. The Kier molecular flexibility index (Phi) is 6.43. The number of piperidine rings is 1. The molecule has 1 fully saturated rings. The molecular formula is C25H24FN3O4S2. The minimum Gasteiger partial charge on any atom is -0.467 e. The molecule has 35 heavy (non-hydrogen) atoms. The van der Waals surface area contributed by atoms with Crippen LogP contribution in [0.15, 0.2) is 70.2 Å². The number of carbonyl (C=O) groups excluding carboxylic acids is 1. The number of hydrogen-bond acceptors (Lipinski definition) is 6. The first-order chi connectivity index (χ1) is 16.8. The fourth-order valence-corrected chi connectivity index (χ4v) is 6.86. The number of rotatable bonds is 6. The van der Waals surface area contributed by atoms with Crippen LogP contribution in [0.5, 0.6) is 0 Å². The smallest absolute Gasteiger partial charge is 0.243 e. The van der Waals surface area contributed by atoms with E-state index in [4.69, 9.17) is 4.42 Å². The van der Waals surface area contributed by atoms with Crippen LogP contribution in [0, 0.1) is 18.7 Å². The third-order valence-electron chi connectivity index (χ3n) is 6.11. The van der Waals surface area contributed by atoms with Crippen molar-refractivity contribution in [1.82, 2.24) is 9.29 Å². The maximum absolute atomic E-state index is 13.8. The van der Waals surface area contributed by atoms with E-state index in [1.165, 1.54) is 27.8 Å². The van der Waals surface area contributed by atoms with Crippen LogP contribution in [0.4, 0.5) is 9.52 Å².